The standard InChI is InChI=1S/C37H22Br2F12N2O6/c1-59-23-11-21(27(38)28(39)29(23)54)24-18-2-3-19-25(32(57)52(30(19)55)16-6-12(34(40,41)42)4-13(7-16)35(43,44)45)20(18)10-22-26(24)33(58)53(31(22)56)17-8-14(36(46,47)48)5-15(9-17)37(49,50)51/h2,4-9,11,19-20,22,24-26,54H,3,10H2,1H3/t19-,20+,22+,24+,25-,26+/m0/s1. The highest BCUT2D eigenvalue weighted by Crippen LogP contribution is 2.61. The van der Waals surface area contributed by atoms with Gasteiger partial charge in [-0.15, -0.1) is 0 Å². The zero-order valence-corrected chi connectivity index (χ0v) is 32.3. The average Bonchev–Trinajstić information content (AvgIpc) is 3.55. The summed E-state index contributed by atoms with van der Waals surface area (Å²) in [6.45, 7) is 0. The number of hydrogen-bond acceptors (Lipinski definition) is 6. The van der Waals surface area contributed by atoms with E-state index in [1.54, 1.807) is 0 Å². The number of carbonyl (C=O) groups is 4. The van der Waals surface area contributed by atoms with Crippen molar-refractivity contribution in [3.05, 3.63) is 90.9 Å². The van der Waals surface area contributed by atoms with Crippen molar-refractivity contribution in [2.24, 2.45) is 29.6 Å². The number of alkyl halides is 12. The van der Waals surface area contributed by atoms with Crippen molar-refractivity contribution in [3.63, 3.8) is 0 Å². The number of allylic oxidation sites excluding steroid dienone is 2. The molecule has 4 amide bonds. The molecule has 3 aromatic rings. The molecule has 2 aliphatic carbocycles. The Labute approximate surface area is 340 Å². The second-order valence-corrected chi connectivity index (χ2v) is 15.8. The van der Waals surface area contributed by atoms with E-state index >= 15 is 0 Å². The maximum atomic E-state index is 14.5. The third-order valence-corrected chi connectivity index (χ3v) is 13.2. The molecule has 4 aliphatic rings. The minimum Gasteiger partial charge on any atom is -0.503 e. The van der Waals surface area contributed by atoms with Crippen molar-refractivity contribution in [3.8, 4) is 11.5 Å². The molecule has 2 saturated heterocycles. The average molecular weight is 978 g/mol. The number of halogens is 14. The van der Waals surface area contributed by atoms with Crippen LogP contribution < -0.4 is 14.5 Å². The summed E-state index contributed by atoms with van der Waals surface area (Å²) < 4.78 is 172. The summed E-state index contributed by atoms with van der Waals surface area (Å²) in [6.07, 6.45) is -21.0. The van der Waals surface area contributed by atoms with E-state index in [9.17, 15) is 77.0 Å². The molecule has 2 heterocycles. The zero-order valence-electron chi connectivity index (χ0n) is 29.2. The minimum atomic E-state index is -5.38. The second-order valence-electron chi connectivity index (χ2n) is 14.2. The van der Waals surface area contributed by atoms with Crippen LogP contribution in [0, 0.1) is 29.6 Å². The third-order valence-electron chi connectivity index (χ3n) is 11.0. The quantitative estimate of drug-likeness (QED) is 0.159. The Kier molecular flexibility index (Phi) is 10.1. The van der Waals surface area contributed by atoms with Crippen LogP contribution in [-0.2, 0) is 43.9 Å². The molecule has 0 unspecified atom stereocenters. The van der Waals surface area contributed by atoms with Gasteiger partial charge in [0.25, 0.3) is 0 Å². The topological polar surface area (TPSA) is 104 Å². The molecule has 0 radical (unpaired) electrons. The number of aromatic hydroxyl groups is 1. The van der Waals surface area contributed by atoms with E-state index in [1.165, 1.54) is 12.1 Å². The highest BCUT2D eigenvalue weighted by molar-refractivity contribution is 9.13. The van der Waals surface area contributed by atoms with E-state index in [0.29, 0.717) is 0 Å². The van der Waals surface area contributed by atoms with Crippen LogP contribution in [0.3, 0.4) is 0 Å². The van der Waals surface area contributed by atoms with Gasteiger partial charge in [-0.05, 0) is 98.6 Å². The smallest absolute Gasteiger partial charge is 0.416 e. The van der Waals surface area contributed by atoms with E-state index < -0.39 is 130 Å². The molecule has 0 spiro atoms. The first-order valence-electron chi connectivity index (χ1n) is 17.0. The second kappa shape index (κ2) is 14.0. The van der Waals surface area contributed by atoms with Gasteiger partial charge in [0.05, 0.1) is 68.9 Å². The molecule has 8 nitrogen and oxygen atoms in total. The van der Waals surface area contributed by atoms with Crippen LogP contribution >= 0.6 is 31.9 Å². The maximum Gasteiger partial charge on any atom is 0.416 e. The van der Waals surface area contributed by atoms with Crippen LogP contribution in [0.1, 0.15) is 46.6 Å². The van der Waals surface area contributed by atoms with Gasteiger partial charge < -0.3 is 9.84 Å². The van der Waals surface area contributed by atoms with Crippen molar-refractivity contribution in [2.75, 3.05) is 16.9 Å². The van der Waals surface area contributed by atoms with Crippen molar-refractivity contribution >= 4 is 66.9 Å². The molecule has 22 heteroatoms. The van der Waals surface area contributed by atoms with Gasteiger partial charge in [0.15, 0.2) is 11.5 Å². The van der Waals surface area contributed by atoms with Crippen LogP contribution in [0.25, 0.3) is 0 Å². The summed E-state index contributed by atoms with van der Waals surface area (Å²) >= 11 is 6.48. The molecule has 7 rings (SSSR count). The molecule has 1 saturated carbocycles. The number of amides is 4. The molecular formula is C37H22Br2F12N2O6. The maximum absolute atomic E-state index is 14.5. The van der Waals surface area contributed by atoms with Gasteiger partial charge in [0, 0.05) is 10.4 Å². The lowest BCUT2D eigenvalue weighted by atomic mass is 9.57. The van der Waals surface area contributed by atoms with Gasteiger partial charge in [-0.2, -0.15) is 52.7 Å². The van der Waals surface area contributed by atoms with Crippen LogP contribution in [0.2, 0.25) is 0 Å². The molecule has 1 N–H and O–H groups in total. The zero-order chi connectivity index (χ0) is 43.6. The fourth-order valence-corrected chi connectivity index (χ4v) is 9.55. The lowest BCUT2D eigenvalue weighted by Gasteiger charge is -2.44. The SMILES string of the molecule is COc1cc([C@H]2C3=CC[C@@H]4C(=O)N(c5cc(C(F)(F)F)cc(C(F)(F)F)c5)C(=O)[C@@H]4[C@@H]3C[C@H]3C(=O)N(c4cc(C(F)(F)F)cc(C(F)(F)F)c4)C(=O)[C@@H]23)c(Br)c(Br)c1O. The third kappa shape index (κ3) is 6.96. The summed E-state index contributed by atoms with van der Waals surface area (Å²) in [5.74, 6) is -14.7. The Bertz CT molecular complexity index is 2310. The number of nitrogens with zero attached hydrogens (tertiary/aromatic N) is 2. The number of phenols is 1. The van der Waals surface area contributed by atoms with Gasteiger partial charge in [0.2, 0.25) is 23.6 Å². The molecular weight excluding hydrogens is 956 g/mol. The fraction of sp³-hybridized carbons (Fsp3) is 0.351. The number of phenolic OH excluding ortho intramolecular Hbond substituents is 1. The van der Waals surface area contributed by atoms with E-state index in [4.69, 9.17) is 4.74 Å². The van der Waals surface area contributed by atoms with Crippen LogP contribution in [0.15, 0.2) is 63.1 Å². The number of rotatable bonds is 4. The molecule has 3 fully saturated rings. The van der Waals surface area contributed by atoms with Crippen LogP contribution in [0.4, 0.5) is 64.1 Å². The number of hydrogen-bond donors (Lipinski definition) is 1. The van der Waals surface area contributed by atoms with Crippen LogP contribution in [0.5, 0.6) is 11.5 Å². The Hall–Kier alpha value is -4.60. The largest absolute Gasteiger partial charge is 0.503 e. The van der Waals surface area contributed by atoms with E-state index in [-0.39, 0.29) is 78.5 Å². The lowest BCUT2D eigenvalue weighted by molar-refractivity contribution is -0.144. The molecule has 6 atom stereocenters. The van der Waals surface area contributed by atoms with Crippen molar-refractivity contribution in [1.29, 1.82) is 0 Å². The predicted molar refractivity (Wildman–Crippen MR) is 185 cm³/mol. The molecule has 0 bridgehead atoms. The molecule has 0 aromatic heterocycles. The van der Waals surface area contributed by atoms with Crippen molar-refractivity contribution < 1.29 is 81.7 Å². The minimum absolute atomic E-state index is 0.0134. The Morgan fingerprint density at radius 3 is 1.44 bits per heavy atom. The van der Waals surface area contributed by atoms with E-state index in [2.05, 4.69) is 31.9 Å². The lowest BCUT2D eigenvalue weighted by Crippen LogP contribution is -2.43. The summed E-state index contributed by atoms with van der Waals surface area (Å²) in [5.41, 5.74) is -9.30. The predicted octanol–water partition coefficient (Wildman–Crippen LogP) is 10.0. The summed E-state index contributed by atoms with van der Waals surface area (Å²) in [7, 11) is 1.14. The number of methoxy groups -OCH3 is 1. The van der Waals surface area contributed by atoms with Gasteiger partial charge >= 0.3 is 24.7 Å². The van der Waals surface area contributed by atoms with Gasteiger partial charge in [0.1, 0.15) is 0 Å². The highest BCUT2D eigenvalue weighted by Gasteiger charge is 2.63. The van der Waals surface area contributed by atoms with E-state index in [0.717, 1.165) is 7.11 Å². The van der Waals surface area contributed by atoms with Crippen molar-refractivity contribution in [1.82, 2.24) is 0 Å². The number of imide groups is 2. The summed E-state index contributed by atoms with van der Waals surface area (Å²) in [6, 6.07) is 1.53. The Morgan fingerprint density at radius 2 is 1.02 bits per heavy atom. The molecule has 59 heavy (non-hydrogen) atoms. The molecule has 2 aliphatic heterocycles. The summed E-state index contributed by atoms with van der Waals surface area (Å²) in [5, 5.41) is 10.7. The number of ether oxygens (including phenoxy) is 1. The number of carbonyl (C=O) groups excluding carboxylic acids is 4. The first-order chi connectivity index (χ1) is 27.2. The number of fused-ring (bicyclic) bond motifs is 4. The monoisotopic (exact) mass is 976 g/mol. The molecule has 3 aromatic carbocycles. The highest BCUT2D eigenvalue weighted by atomic mass is 79.9. The van der Waals surface area contributed by atoms with Crippen molar-refractivity contribution in [2.45, 2.75) is 43.5 Å². The fourth-order valence-electron chi connectivity index (χ4n) is 8.57. The van der Waals surface area contributed by atoms with E-state index in [1.807, 2.05) is 0 Å². The Balaban J connectivity index is 1.39. The van der Waals surface area contributed by atoms with Gasteiger partial charge in [-0.25, -0.2) is 9.80 Å². The first-order valence-corrected chi connectivity index (χ1v) is 18.5. The first kappa shape index (κ1) is 42.5. The number of anilines is 2. The summed E-state index contributed by atoms with van der Waals surface area (Å²) in [4.78, 5) is 57.3. The van der Waals surface area contributed by atoms with Gasteiger partial charge in [-0.3, -0.25) is 19.2 Å². The number of benzene rings is 3. The Morgan fingerprint density at radius 1 is 0.593 bits per heavy atom. The van der Waals surface area contributed by atoms with Gasteiger partial charge in [-0.1, -0.05) is 11.6 Å². The van der Waals surface area contributed by atoms with Crippen LogP contribution in [-0.4, -0.2) is 35.8 Å². The molecule has 314 valence electrons. The normalized spacial score (nSPS) is 25.0.